The summed E-state index contributed by atoms with van der Waals surface area (Å²) < 4.78 is 0. The molecule has 3 N–H and O–H groups in total. The van der Waals surface area contributed by atoms with Crippen LogP contribution in [0, 0.1) is 5.92 Å². The number of benzene rings is 1. The summed E-state index contributed by atoms with van der Waals surface area (Å²) in [4.78, 5) is 29.0. The summed E-state index contributed by atoms with van der Waals surface area (Å²) in [5.74, 6) is -0.920. The van der Waals surface area contributed by atoms with Crippen molar-refractivity contribution < 1.29 is 14.7 Å². The third-order valence-electron chi connectivity index (χ3n) is 4.51. The van der Waals surface area contributed by atoms with Crippen LogP contribution < -0.4 is 5.32 Å². The summed E-state index contributed by atoms with van der Waals surface area (Å²) in [6, 6.07) is 7.37. The molecule has 2 amide bonds. The van der Waals surface area contributed by atoms with E-state index >= 15 is 0 Å². The third-order valence-corrected chi connectivity index (χ3v) is 4.51. The Labute approximate surface area is 134 Å². The molecule has 0 aliphatic carbocycles. The number of carbonyl (C=O) groups excluding carboxylic acids is 2. The van der Waals surface area contributed by atoms with Gasteiger partial charge in [-0.25, -0.2) is 0 Å². The predicted molar refractivity (Wildman–Crippen MR) is 87.9 cm³/mol. The lowest BCUT2D eigenvalue weighted by molar-refractivity contribution is -0.144. The number of nitrogens with zero attached hydrogens (tertiary/aromatic N) is 1. The lowest BCUT2D eigenvalue weighted by Crippen LogP contribution is -2.45. The molecule has 1 aromatic heterocycles. The summed E-state index contributed by atoms with van der Waals surface area (Å²) in [6.45, 7) is 2.79. The number of aliphatic hydroxyl groups is 1. The summed E-state index contributed by atoms with van der Waals surface area (Å²) >= 11 is 0. The van der Waals surface area contributed by atoms with Crippen LogP contribution in [0.1, 0.15) is 19.8 Å². The van der Waals surface area contributed by atoms with Gasteiger partial charge in [-0.2, -0.15) is 0 Å². The molecule has 1 aliphatic heterocycles. The number of aliphatic hydroxyl groups excluding tert-OH is 1. The average Bonchev–Trinajstić information content (AvgIpc) is 3.01. The number of carbonyl (C=O) groups is 2. The van der Waals surface area contributed by atoms with Gasteiger partial charge in [-0.3, -0.25) is 9.59 Å². The van der Waals surface area contributed by atoms with Gasteiger partial charge in [0.2, 0.25) is 0 Å². The Balaban J connectivity index is 1.60. The summed E-state index contributed by atoms with van der Waals surface area (Å²) in [5, 5.41) is 13.2. The van der Waals surface area contributed by atoms with Crippen molar-refractivity contribution in [2.45, 2.75) is 25.9 Å². The normalized spacial score (nSPS) is 17.2. The van der Waals surface area contributed by atoms with E-state index in [2.05, 4.69) is 10.3 Å². The fraction of sp³-hybridized carbons (Fsp3) is 0.412. The zero-order chi connectivity index (χ0) is 16.4. The number of nitrogens with one attached hydrogen (secondary N) is 2. The van der Waals surface area contributed by atoms with Gasteiger partial charge in [0.25, 0.3) is 0 Å². The second kappa shape index (κ2) is 6.42. The first kappa shape index (κ1) is 15.6. The number of hydrogen-bond acceptors (Lipinski definition) is 3. The fourth-order valence-corrected chi connectivity index (χ4v) is 3.04. The number of H-pyrrole nitrogens is 1. The second-order valence-electron chi connectivity index (χ2n) is 6.10. The van der Waals surface area contributed by atoms with Gasteiger partial charge in [0.1, 0.15) is 0 Å². The van der Waals surface area contributed by atoms with Crippen molar-refractivity contribution in [3.05, 3.63) is 30.5 Å². The Morgan fingerprint density at radius 3 is 2.74 bits per heavy atom. The predicted octanol–water partition coefficient (Wildman–Crippen LogP) is 1.73. The van der Waals surface area contributed by atoms with Crippen molar-refractivity contribution in [3.8, 4) is 0 Å². The van der Waals surface area contributed by atoms with Crippen molar-refractivity contribution in [1.29, 1.82) is 0 Å². The Bertz CT molecular complexity index is 715. The van der Waals surface area contributed by atoms with Gasteiger partial charge in [0.15, 0.2) is 0 Å². The first-order chi connectivity index (χ1) is 11.0. The Morgan fingerprint density at radius 2 is 2.04 bits per heavy atom. The minimum atomic E-state index is -0.615. The zero-order valence-electron chi connectivity index (χ0n) is 13.1. The summed E-state index contributed by atoms with van der Waals surface area (Å²) in [6.07, 6.45) is 2.92. The molecule has 1 aliphatic rings. The monoisotopic (exact) mass is 315 g/mol. The lowest BCUT2D eigenvalue weighted by atomic mass is 9.92. The molecule has 1 atom stereocenters. The van der Waals surface area contributed by atoms with Gasteiger partial charge in [0.05, 0.1) is 6.10 Å². The molecular formula is C17H21N3O3. The van der Waals surface area contributed by atoms with Gasteiger partial charge in [-0.15, -0.1) is 0 Å². The minimum Gasteiger partial charge on any atom is -0.393 e. The molecule has 6 nitrogen and oxygen atoms in total. The SMILES string of the molecule is CC(O)C1CCN(C(=O)C(=O)Nc2ccc3[nH]ccc3c2)CC1. The quantitative estimate of drug-likeness (QED) is 0.738. The van der Waals surface area contributed by atoms with Gasteiger partial charge < -0.3 is 20.3 Å². The van der Waals surface area contributed by atoms with Gasteiger partial charge >= 0.3 is 11.8 Å². The van der Waals surface area contributed by atoms with E-state index in [4.69, 9.17) is 0 Å². The number of fused-ring (bicyclic) bond motifs is 1. The topological polar surface area (TPSA) is 85.4 Å². The van der Waals surface area contributed by atoms with Crippen molar-refractivity contribution in [2.75, 3.05) is 18.4 Å². The summed E-state index contributed by atoms with van der Waals surface area (Å²) in [7, 11) is 0. The van der Waals surface area contributed by atoms with Crippen LogP contribution in [0.2, 0.25) is 0 Å². The van der Waals surface area contributed by atoms with Crippen LogP contribution in [0.15, 0.2) is 30.5 Å². The number of rotatable bonds is 2. The van der Waals surface area contributed by atoms with Gasteiger partial charge in [-0.1, -0.05) is 0 Å². The molecule has 0 radical (unpaired) electrons. The molecule has 1 fully saturated rings. The van der Waals surface area contributed by atoms with Crippen LogP contribution in [0.25, 0.3) is 10.9 Å². The smallest absolute Gasteiger partial charge is 0.313 e. The van der Waals surface area contributed by atoms with Crippen molar-refractivity contribution in [2.24, 2.45) is 5.92 Å². The molecule has 0 bridgehead atoms. The molecule has 1 aromatic carbocycles. The van der Waals surface area contributed by atoms with E-state index in [0.29, 0.717) is 18.8 Å². The number of amides is 2. The van der Waals surface area contributed by atoms with Crippen LogP contribution >= 0.6 is 0 Å². The fourth-order valence-electron chi connectivity index (χ4n) is 3.04. The van der Waals surface area contributed by atoms with E-state index in [-0.39, 0.29) is 12.0 Å². The number of aromatic nitrogens is 1. The maximum Gasteiger partial charge on any atom is 0.313 e. The molecule has 0 spiro atoms. The molecule has 1 unspecified atom stereocenters. The highest BCUT2D eigenvalue weighted by molar-refractivity contribution is 6.39. The number of likely N-dealkylation sites (tertiary alicyclic amines) is 1. The second-order valence-corrected chi connectivity index (χ2v) is 6.10. The van der Waals surface area contributed by atoms with E-state index in [9.17, 15) is 14.7 Å². The first-order valence-electron chi connectivity index (χ1n) is 7.90. The highest BCUT2D eigenvalue weighted by Gasteiger charge is 2.28. The van der Waals surface area contributed by atoms with Gasteiger partial charge in [0, 0.05) is 35.9 Å². The Hall–Kier alpha value is -2.34. The van der Waals surface area contributed by atoms with Gasteiger partial charge in [-0.05, 0) is 49.9 Å². The van der Waals surface area contributed by atoms with Crippen LogP contribution in [0.3, 0.4) is 0 Å². The number of hydrogen-bond donors (Lipinski definition) is 3. The molecule has 1 saturated heterocycles. The van der Waals surface area contributed by atoms with Crippen molar-refractivity contribution in [3.63, 3.8) is 0 Å². The highest BCUT2D eigenvalue weighted by Crippen LogP contribution is 2.21. The largest absolute Gasteiger partial charge is 0.393 e. The zero-order valence-corrected chi connectivity index (χ0v) is 13.1. The molecule has 23 heavy (non-hydrogen) atoms. The van der Waals surface area contributed by atoms with Crippen LogP contribution in [0.4, 0.5) is 5.69 Å². The standard InChI is InChI=1S/C17H21N3O3/c1-11(21)12-5-8-20(9-6-12)17(23)16(22)19-14-2-3-15-13(10-14)4-7-18-15/h2-4,7,10-12,18,21H,5-6,8-9H2,1H3,(H,19,22). The minimum absolute atomic E-state index is 0.207. The molecule has 0 saturated carbocycles. The van der Waals surface area contributed by atoms with E-state index in [1.54, 1.807) is 17.9 Å². The molecule has 6 heteroatoms. The van der Waals surface area contributed by atoms with E-state index in [1.807, 2.05) is 24.4 Å². The van der Waals surface area contributed by atoms with Crippen molar-refractivity contribution in [1.82, 2.24) is 9.88 Å². The molecular weight excluding hydrogens is 294 g/mol. The summed E-state index contributed by atoms with van der Waals surface area (Å²) in [5.41, 5.74) is 1.59. The Morgan fingerprint density at radius 1 is 1.30 bits per heavy atom. The average molecular weight is 315 g/mol. The molecule has 122 valence electrons. The molecule has 2 heterocycles. The Kier molecular flexibility index (Phi) is 4.34. The van der Waals surface area contributed by atoms with E-state index in [1.165, 1.54) is 0 Å². The maximum atomic E-state index is 12.2. The van der Waals surface area contributed by atoms with Crippen LogP contribution in [-0.2, 0) is 9.59 Å². The van der Waals surface area contributed by atoms with Crippen molar-refractivity contribution >= 4 is 28.4 Å². The highest BCUT2D eigenvalue weighted by atomic mass is 16.3. The van der Waals surface area contributed by atoms with E-state index in [0.717, 1.165) is 23.7 Å². The number of piperidine rings is 1. The lowest BCUT2D eigenvalue weighted by Gasteiger charge is -2.32. The number of aromatic amines is 1. The van der Waals surface area contributed by atoms with E-state index < -0.39 is 11.8 Å². The number of anilines is 1. The molecule has 2 aromatic rings. The van der Waals surface area contributed by atoms with Crippen LogP contribution in [0.5, 0.6) is 0 Å². The first-order valence-corrected chi connectivity index (χ1v) is 7.90. The maximum absolute atomic E-state index is 12.2. The molecule has 3 rings (SSSR count). The third kappa shape index (κ3) is 3.37. The van der Waals surface area contributed by atoms with Crippen LogP contribution in [-0.4, -0.2) is 46.0 Å².